The minimum Gasteiger partial charge on any atom is -0.363 e. The average molecular weight is 347 g/mol. The number of nitrogens with one attached hydrogen (secondary N) is 1. The van der Waals surface area contributed by atoms with Crippen LogP contribution in [-0.2, 0) is 6.42 Å². The molecule has 0 aliphatic heterocycles. The first kappa shape index (κ1) is 12.8. The molecule has 1 aromatic carbocycles. The van der Waals surface area contributed by atoms with E-state index in [0.29, 0.717) is 0 Å². The van der Waals surface area contributed by atoms with Crippen LogP contribution in [0.15, 0.2) is 41.1 Å². The summed E-state index contributed by atoms with van der Waals surface area (Å²) in [5.74, 6) is 0.657. The number of fused-ring (bicyclic) bond motifs is 2. The third kappa shape index (κ3) is 2.10. The zero-order valence-corrected chi connectivity index (χ0v) is 12.6. The van der Waals surface area contributed by atoms with Crippen molar-refractivity contribution >= 4 is 27.4 Å². The van der Waals surface area contributed by atoms with Gasteiger partial charge in [-0.25, -0.2) is 13.9 Å². The van der Waals surface area contributed by atoms with Crippen LogP contribution in [0.3, 0.4) is 0 Å². The maximum atomic E-state index is 13.8. The zero-order chi connectivity index (χ0) is 14.4. The minimum atomic E-state index is -0.112. The summed E-state index contributed by atoms with van der Waals surface area (Å²) in [7, 11) is 0. The lowest BCUT2D eigenvalue weighted by molar-refractivity contribution is 0.612. The summed E-state index contributed by atoms with van der Waals surface area (Å²) in [6, 6.07) is 7.25. The Morgan fingerprint density at radius 3 is 3.14 bits per heavy atom. The van der Waals surface area contributed by atoms with Gasteiger partial charge in [-0.3, -0.25) is 0 Å². The molecule has 4 nitrogen and oxygen atoms in total. The van der Waals surface area contributed by atoms with Crippen LogP contribution in [0.2, 0.25) is 0 Å². The summed E-state index contributed by atoms with van der Waals surface area (Å²) in [5, 5.41) is 7.56. The molecule has 2 heterocycles. The van der Waals surface area contributed by atoms with Crippen LogP contribution in [0.4, 0.5) is 10.2 Å². The number of benzene rings is 1. The Labute approximate surface area is 129 Å². The van der Waals surface area contributed by atoms with Gasteiger partial charge < -0.3 is 5.32 Å². The van der Waals surface area contributed by atoms with Crippen LogP contribution < -0.4 is 5.32 Å². The summed E-state index contributed by atoms with van der Waals surface area (Å²) in [6.45, 7) is 0. The lowest BCUT2D eigenvalue weighted by Crippen LogP contribution is -2.09. The second-order valence-electron chi connectivity index (χ2n) is 5.12. The Balaban J connectivity index is 1.67. The van der Waals surface area contributed by atoms with Gasteiger partial charge in [0.1, 0.15) is 11.6 Å². The molecule has 1 atom stereocenters. The summed E-state index contributed by atoms with van der Waals surface area (Å²) in [6.07, 6.45) is 5.21. The molecule has 1 aliphatic rings. The first-order valence-corrected chi connectivity index (χ1v) is 7.55. The molecular formula is C15H12BrFN4. The molecule has 2 aromatic heterocycles. The van der Waals surface area contributed by atoms with Crippen molar-refractivity contribution in [2.45, 2.75) is 18.9 Å². The van der Waals surface area contributed by atoms with Gasteiger partial charge in [-0.1, -0.05) is 12.1 Å². The van der Waals surface area contributed by atoms with Gasteiger partial charge in [0.15, 0.2) is 5.65 Å². The van der Waals surface area contributed by atoms with Gasteiger partial charge in [0.05, 0.1) is 16.7 Å². The molecule has 3 aromatic rings. The predicted octanol–water partition coefficient (Wildman–Crippen LogP) is 3.73. The minimum absolute atomic E-state index is 0.104. The summed E-state index contributed by atoms with van der Waals surface area (Å²) in [5.41, 5.74) is 2.61. The molecule has 0 amide bonds. The summed E-state index contributed by atoms with van der Waals surface area (Å²) < 4.78 is 16.3. The van der Waals surface area contributed by atoms with Crippen molar-refractivity contribution in [2.24, 2.45) is 0 Å². The van der Waals surface area contributed by atoms with Crippen LogP contribution in [0.25, 0.3) is 5.65 Å². The number of nitrogens with zero attached hydrogens (tertiary/aromatic N) is 3. The van der Waals surface area contributed by atoms with E-state index in [4.69, 9.17) is 0 Å². The Morgan fingerprint density at radius 1 is 1.33 bits per heavy atom. The zero-order valence-electron chi connectivity index (χ0n) is 11.1. The van der Waals surface area contributed by atoms with Crippen molar-refractivity contribution in [3.8, 4) is 0 Å². The molecule has 0 spiro atoms. The molecule has 1 N–H and O–H groups in total. The summed E-state index contributed by atoms with van der Waals surface area (Å²) >= 11 is 3.43. The maximum Gasteiger partial charge on any atom is 0.171 e. The topological polar surface area (TPSA) is 42.2 Å². The first-order chi connectivity index (χ1) is 10.2. The SMILES string of the molecule is Fc1cccc2c1CC[C@@H]2Nc1ccn2ncc(Br)c2n1. The van der Waals surface area contributed by atoms with Crippen molar-refractivity contribution in [2.75, 3.05) is 5.32 Å². The van der Waals surface area contributed by atoms with Gasteiger partial charge in [0.2, 0.25) is 0 Å². The van der Waals surface area contributed by atoms with Gasteiger partial charge in [0.25, 0.3) is 0 Å². The highest BCUT2D eigenvalue weighted by Gasteiger charge is 2.25. The van der Waals surface area contributed by atoms with E-state index in [1.54, 1.807) is 16.8 Å². The third-order valence-corrected chi connectivity index (χ3v) is 4.42. The molecule has 0 radical (unpaired) electrons. The maximum absolute atomic E-state index is 13.8. The van der Waals surface area contributed by atoms with Crippen LogP contribution in [0, 0.1) is 5.82 Å². The molecule has 1 aliphatic carbocycles. The molecule has 0 unspecified atom stereocenters. The monoisotopic (exact) mass is 346 g/mol. The van der Waals surface area contributed by atoms with Crippen molar-refractivity contribution < 1.29 is 4.39 Å². The highest BCUT2D eigenvalue weighted by atomic mass is 79.9. The number of halogens is 2. The highest BCUT2D eigenvalue weighted by molar-refractivity contribution is 9.10. The second-order valence-corrected chi connectivity index (χ2v) is 5.97. The van der Waals surface area contributed by atoms with E-state index in [1.807, 2.05) is 18.3 Å². The van der Waals surface area contributed by atoms with Crippen LogP contribution in [0.5, 0.6) is 0 Å². The van der Waals surface area contributed by atoms with Gasteiger partial charge in [-0.2, -0.15) is 5.10 Å². The fraction of sp³-hybridized carbons (Fsp3) is 0.200. The molecule has 0 saturated carbocycles. The van der Waals surface area contributed by atoms with E-state index < -0.39 is 0 Å². The van der Waals surface area contributed by atoms with Gasteiger partial charge in [-0.15, -0.1) is 0 Å². The molecule has 106 valence electrons. The lowest BCUT2D eigenvalue weighted by Gasteiger charge is -2.15. The number of anilines is 1. The standard InChI is InChI=1S/C15H12BrFN4/c16-11-8-18-21-7-6-14(20-15(11)21)19-13-5-4-9-10(13)2-1-3-12(9)17/h1-3,6-8,13H,4-5H2,(H,19,20)/t13-/m0/s1. The van der Waals surface area contributed by atoms with Crippen LogP contribution >= 0.6 is 15.9 Å². The van der Waals surface area contributed by atoms with E-state index in [0.717, 1.165) is 39.9 Å². The number of hydrogen-bond donors (Lipinski definition) is 1. The van der Waals surface area contributed by atoms with E-state index in [1.165, 1.54) is 6.07 Å². The fourth-order valence-corrected chi connectivity index (χ4v) is 3.22. The molecule has 4 rings (SSSR count). The highest BCUT2D eigenvalue weighted by Crippen LogP contribution is 2.34. The molecule has 21 heavy (non-hydrogen) atoms. The van der Waals surface area contributed by atoms with Crippen LogP contribution in [0.1, 0.15) is 23.6 Å². The fourth-order valence-electron chi connectivity index (χ4n) is 2.86. The Kier molecular flexibility index (Phi) is 2.92. The largest absolute Gasteiger partial charge is 0.363 e. The van der Waals surface area contributed by atoms with Crippen molar-refractivity contribution in [3.05, 3.63) is 58.1 Å². The van der Waals surface area contributed by atoms with Gasteiger partial charge in [-0.05, 0) is 52.0 Å². The Morgan fingerprint density at radius 2 is 2.24 bits per heavy atom. The second kappa shape index (κ2) is 4.80. The average Bonchev–Trinajstić information content (AvgIpc) is 3.05. The first-order valence-electron chi connectivity index (χ1n) is 6.76. The van der Waals surface area contributed by atoms with Gasteiger partial charge >= 0.3 is 0 Å². The Hall–Kier alpha value is -1.95. The smallest absolute Gasteiger partial charge is 0.171 e. The quantitative estimate of drug-likeness (QED) is 0.768. The van der Waals surface area contributed by atoms with E-state index in [-0.39, 0.29) is 11.9 Å². The van der Waals surface area contributed by atoms with E-state index in [9.17, 15) is 4.39 Å². The number of hydrogen-bond acceptors (Lipinski definition) is 3. The van der Waals surface area contributed by atoms with Crippen molar-refractivity contribution in [3.63, 3.8) is 0 Å². The summed E-state index contributed by atoms with van der Waals surface area (Å²) in [4.78, 5) is 4.54. The Bertz CT molecular complexity index is 830. The van der Waals surface area contributed by atoms with Crippen LogP contribution in [-0.4, -0.2) is 14.6 Å². The lowest BCUT2D eigenvalue weighted by atomic mass is 10.1. The van der Waals surface area contributed by atoms with Crippen molar-refractivity contribution in [1.82, 2.24) is 14.6 Å². The molecule has 6 heteroatoms. The number of aromatic nitrogens is 3. The normalized spacial score (nSPS) is 17.1. The molecular weight excluding hydrogens is 335 g/mol. The van der Waals surface area contributed by atoms with E-state index in [2.05, 4.69) is 31.3 Å². The van der Waals surface area contributed by atoms with Crippen molar-refractivity contribution in [1.29, 1.82) is 0 Å². The molecule has 0 saturated heterocycles. The van der Waals surface area contributed by atoms with Gasteiger partial charge in [0, 0.05) is 6.20 Å². The molecule has 0 fully saturated rings. The van der Waals surface area contributed by atoms with E-state index >= 15 is 0 Å². The molecule has 0 bridgehead atoms. The number of rotatable bonds is 2. The third-order valence-electron chi connectivity index (χ3n) is 3.86. The predicted molar refractivity (Wildman–Crippen MR) is 81.8 cm³/mol.